The summed E-state index contributed by atoms with van der Waals surface area (Å²) in [6.45, 7) is 4.38. The van der Waals surface area contributed by atoms with Gasteiger partial charge in [0.25, 0.3) is 0 Å². The average Bonchev–Trinajstić information content (AvgIpc) is 2.77. The van der Waals surface area contributed by atoms with E-state index in [2.05, 4.69) is 20.8 Å². The summed E-state index contributed by atoms with van der Waals surface area (Å²) in [5, 5.41) is 9.81. The van der Waals surface area contributed by atoms with Gasteiger partial charge in [-0.2, -0.15) is 4.98 Å². The number of anilines is 1. The van der Waals surface area contributed by atoms with Crippen molar-refractivity contribution in [3.8, 4) is 0 Å². The van der Waals surface area contributed by atoms with Crippen molar-refractivity contribution in [2.75, 3.05) is 5.32 Å². The molecule has 0 aliphatic carbocycles. The highest BCUT2D eigenvalue weighted by Gasteiger charge is 2.05. The van der Waals surface area contributed by atoms with E-state index in [9.17, 15) is 4.79 Å². The van der Waals surface area contributed by atoms with E-state index in [-0.39, 0.29) is 5.91 Å². The van der Waals surface area contributed by atoms with Gasteiger partial charge >= 0.3 is 0 Å². The SMILES string of the molecule is CC(=O)Nc1ccccc1CNCc1noc(C)n1. The minimum atomic E-state index is -0.0822. The van der Waals surface area contributed by atoms with Crippen molar-refractivity contribution in [3.05, 3.63) is 41.5 Å². The Morgan fingerprint density at radius 3 is 2.79 bits per heavy atom. The van der Waals surface area contributed by atoms with Crippen molar-refractivity contribution >= 4 is 11.6 Å². The monoisotopic (exact) mass is 260 g/mol. The largest absolute Gasteiger partial charge is 0.340 e. The maximum Gasteiger partial charge on any atom is 0.223 e. The van der Waals surface area contributed by atoms with Crippen LogP contribution in [0.25, 0.3) is 0 Å². The van der Waals surface area contributed by atoms with E-state index < -0.39 is 0 Å². The minimum Gasteiger partial charge on any atom is -0.340 e. The zero-order valence-electron chi connectivity index (χ0n) is 10.9. The normalized spacial score (nSPS) is 10.4. The van der Waals surface area contributed by atoms with Crippen LogP contribution in [0.15, 0.2) is 28.8 Å². The summed E-state index contributed by atoms with van der Waals surface area (Å²) in [4.78, 5) is 15.2. The summed E-state index contributed by atoms with van der Waals surface area (Å²) in [5.41, 5.74) is 1.82. The molecule has 0 atom stereocenters. The van der Waals surface area contributed by atoms with Gasteiger partial charge in [0.15, 0.2) is 5.82 Å². The molecule has 0 radical (unpaired) electrons. The first-order valence-corrected chi connectivity index (χ1v) is 6.00. The van der Waals surface area contributed by atoms with Crippen molar-refractivity contribution in [2.45, 2.75) is 26.9 Å². The summed E-state index contributed by atoms with van der Waals surface area (Å²) < 4.78 is 4.89. The lowest BCUT2D eigenvalue weighted by molar-refractivity contribution is -0.114. The molecule has 0 saturated heterocycles. The van der Waals surface area contributed by atoms with Crippen LogP contribution in [0.4, 0.5) is 5.69 Å². The Bertz CT molecular complexity index is 565. The van der Waals surface area contributed by atoms with Gasteiger partial charge in [0.2, 0.25) is 11.8 Å². The van der Waals surface area contributed by atoms with Crippen molar-refractivity contribution < 1.29 is 9.32 Å². The zero-order valence-corrected chi connectivity index (χ0v) is 10.9. The molecule has 19 heavy (non-hydrogen) atoms. The number of hydrogen-bond donors (Lipinski definition) is 2. The topological polar surface area (TPSA) is 80.0 Å². The van der Waals surface area contributed by atoms with Crippen molar-refractivity contribution in [3.63, 3.8) is 0 Å². The van der Waals surface area contributed by atoms with Gasteiger partial charge in [-0.3, -0.25) is 4.79 Å². The van der Waals surface area contributed by atoms with Gasteiger partial charge in [0, 0.05) is 26.1 Å². The first kappa shape index (κ1) is 13.2. The highest BCUT2D eigenvalue weighted by Crippen LogP contribution is 2.14. The number of aryl methyl sites for hydroxylation is 1. The number of carbonyl (C=O) groups excluding carboxylic acids is 1. The zero-order chi connectivity index (χ0) is 13.7. The Morgan fingerprint density at radius 1 is 1.32 bits per heavy atom. The second kappa shape index (κ2) is 6.10. The van der Waals surface area contributed by atoms with Crippen molar-refractivity contribution in [2.24, 2.45) is 0 Å². The van der Waals surface area contributed by atoms with E-state index in [1.54, 1.807) is 6.92 Å². The highest BCUT2D eigenvalue weighted by atomic mass is 16.5. The van der Waals surface area contributed by atoms with Gasteiger partial charge in [-0.25, -0.2) is 0 Å². The predicted molar refractivity (Wildman–Crippen MR) is 70.3 cm³/mol. The fraction of sp³-hybridized carbons (Fsp3) is 0.308. The number of hydrogen-bond acceptors (Lipinski definition) is 5. The fourth-order valence-electron chi connectivity index (χ4n) is 1.71. The molecule has 100 valence electrons. The molecule has 1 amide bonds. The molecule has 0 saturated carbocycles. The third-order valence-corrected chi connectivity index (χ3v) is 2.50. The quantitative estimate of drug-likeness (QED) is 0.854. The first-order chi connectivity index (χ1) is 9.15. The Kier molecular flexibility index (Phi) is 4.25. The van der Waals surface area contributed by atoms with E-state index in [0.29, 0.717) is 24.8 Å². The number of amides is 1. The molecule has 6 heteroatoms. The van der Waals surface area contributed by atoms with Crippen molar-refractivity contribution in [1.82, 2.24) is 15.5 Å². The number of para-hydroxylation sites is 1. The fourth-order valence-corrected chi connectivity index (χ4v) is 1.71. The van der Waals surface area contributed by atoms with Gasteiger partial charge in [0.1, 0.15) is 0 Å². The number of carbonyl (C=O) groups is 1. The molecule has 0 spiro atoms. The van der Waals surface area contributed by atoms with Crippen LogP contribution in [-0.2, 0) is 17.9 Å². The van der Waals surface area contributed by atoms with Gasteiger partial charge in [0.05, 0.1) is 6.54 Å². The number of nitrogens with one attached hydrogen (secondary N) is 2. The van der Waals surface area contributed by atoms with Crippen LogP contribution in [-0.4, -0.2) is 16.0 Å². The third kappa shape index (κ3) is 3.89. The molecule has 1 aromatic carbocycles. The molecule has 0 aliphatic rings. The summed E-state index contributed by atoms with van der Waals surface area (Å²) in [5.74, 6) is 1.09. The summed E-state index contributed by atoms with van der Waals surface area (Å²) in [7, 11) is 0. The third-order valence-electron chi connectivity index (χ3n) is 2.50. The lowest BCUT2D eigenvalue weighted by Gasteiger charge is -2.09. The van der Waals surface area contributed by atoms with Crippen LogP contribution in [0.5, 0.6) is 0 Å². The summed E-state index contributed by atoms with van der Waals surface area (Å²) >= 11 is 0. The molecule has 0 aliphatic heterocycles. The first-order valence-electron chi connectivity index (χ1n) is 6.00. The van der Waals surface area contributed by atoms with Crippen LogP contribution >= 0.6 is 0 Å². The van der Waals surface area contributed by atoms with Crippen LogP contribution in [0.1, 0.15) is 24.2 Å². The van der Waals surface area contributed by atoms with Crippen LogP contribution < -0.4 is 10.6 Å². The average molecular weight is 260 g/mol. The van der Waals surface area contributed by atoms with Gasteiger partial charge in [-0.05, 0) is 11.6 Å². The summed E-state index contributed by atoms with van der Waals surface area (Å²) in [6, 6.07) is 7.65. The number of nitrogens with zero attached hydrogens (tertiary/aromatic N) is 2. The molecule has 0 unspecified atom stereocenters. The minimum absolute atomic E-state index is 0.0822. The lowest BCUT2D eigenvalue weighted by Crippen LogP contribution is -2.16. The second-order valence-electron chi connectivity index (χ2n) is 4.17. The standard InChI is InChI=1S/C13H16N4O2/c1-9(18)15-12-6-4-3-5-11(12)7-14-8-13-16-10(2)19-17-13/h3-6,14H,7-8H2,1-2H3,(H,15,18). The van der Waals surface area contributed by atoms with Gasteiger partial charge in [-0.1, -0.05) is 23.4 Å². The Morgan fingerprint density at radius 2 is 2.11 bits per heavy atom. The molecule has 1 aromatic heterocycles. The van der Waals surface area contributed by atoms with E-state index in [4.69, 9.17) is 4.52 Å². The molecule has 6 nitrogen and oxygen atoms in total. The lowest BCUT2D eigenvalue weighted by atomic mass is 10.1. The smallest absolute Gasteiger partial charge is 0.223 e. The van der Waals surface area contributed by atoms with Crippen LogP contribution in [0.3, 0.4) is 0 Å². The Labute approximate surface area is 111 Å². The number of aromatic nitrogens is 2. The molecule has 2 N–H and O–H groups in total. The van der Waals surface area contributed by atoms with E-state index >= 15 is 0 Å². The van der Waals surface area contributed by atoms with Crippen molar-refractivity contribution in [1.29, 1.82) is 0 Å². The van der Waals surface area contributed by atoms with Gasteiger partial charge in [-0.15, -0.1) is 0 Å². The van der Waals surface area contributed by atoms with Gasteiger partial charge < -0.3 is 15.2 Å². The van der Waals surface area contributed by atoms with E-state index in [1.165, 1.54) is 6.92 Å². The molecule has 2 rings (SSSR count). The molecule has 0 fully saturated rings. The molecule has 0 bridgehead atoms. The van der Waals surface area contributed by atoms with E-state index in [0.717, 1.165) is 11.3 Å². The van der Waals surface area contributed by atoms with E-state index in [1.807, 2.05) is 24.3 Å². The summed E-state index contributed by atoms with van der Waals surface area (Å²) in [6.07, 6.45) is 0. The Hall–Kier alpha value is -2.21. The molecule has 2 aromatic rings. The molecular formula is C13H16N4O2. The Balaban J connectivity index is 1.93. The highest BCUT2D eigenvalue weighted by molar-refractivity contribution is 5.89. The van der Waals surface area contributed by atoms with Crippen LogP contribution in [0, 0.1) is 6.92 Å². The maximum atomic E-state index is 11.1. The molecular weight excluding hydrogens is 244 g/mol. The molecule has 1 heterocycles. The predicted octanol–water partition coefficient (Wildman–Crippen LogP) is 1.63. The second-order valence-corrected chi connectivity index (χ2v) is 4.17. The number of rotatable bonds is 5. The van der Waals surface area contributed by atoms with Crippen LogP contribution in [0.2, 0.25) is 0 Å². The maximum absolute atomic E-state index is 11.1. The number of benzene rings is 1.